The van der Waals surface area contributed by atoms with Crippen molar-refractivity contribution in [2.24, 2.45) is 0 Å². The molecule has 0 rings (SSSR count). The van der Waals surface area contributed by atoms with Crippen LogP contribution in [0.3, 0.4) is 0 Å². The Balaban J connectivity index is 3.36. The van der Waals surface area contributed by atoms with E-state index in [0.29, 0.717) is 0 Å². The molecule has 0 saturated carbocycles. The Bertz CT molecular complexity index is 130. The molecule has 0 aliphatic rings. The summed E-state index contributed by atoms with van der Waals surface area (Å²) in [7, 11) is 0.570. The van der Waals surface area contributed by atoms with Crippen LogP contribution in [0.1, 0.15) is 26.2 Å². The van der Waals surface area contributed by atoms with Gasteiger partial charge in [-0.2, -0.15) is 0 Å². The Morgan fingerprint density at radius 3 is 2.42 bits per heavy atom. The summed E-state index contributed by atoms with van der Waals surface area (Å²) in [5.74, 6) is 0. The summed E-state index contributed by atoms with van der Waals surface area (Å²) < 4.78 is 5.46. The second-order valence-corrected chi connectivity index (χ2v) is 8.16. The van der Waals surface area contributed by atoms with E-state index in [1.54, 1.807) is 0 Å². The standard InChI is InChI=1S/C10H22OSi/c1-5-6-7-8-9-10-12(3,4)11-2/h6-7H,5,8-10H2,1-4H3. The summed E-state index contributed by atoms with van der Waals surface area (Å²) in [6.07, 6.45) is 8.17. The van der Waals surface area contributed by atoms with E-state index in [9.17, 15) is 0 Å². The molecule has 0 aliphatic heterocycles. The van der Waals surface area contributed by atoms with Gasteiger partial charge in [-0.3, -0.25) is 0 Å². The van der Waals surface area contributed by atoms with E-state index in [1.165, 1.54) is 18.9 Å². The smallest absolute Gasteiger partial charge is 0.186 e. The quantitative estimate of drug-likeness (QED) is 0.350. The summed E-state index contributed by atoms with van der Waals surface area (Å²) in [6, 6.07) is 1.28. The first-order valence-electron chi connectivity index (χ1n) is 4.82. The minimum Gasteiger partial charge on any atom is -0.420 e. The molecule has 0 N–H and O–H groups in total. The zero-order valence-corrected chi connectivity index (χ0v) is 9.89. The first-order valence-corrected chi connectivity index (χ1v) is 7.94. The van der Waals surface area contributed by atoms with Crippen LogP contribution in [0.5, 0.6) is 0 Å². The molecule has 0 aromatic carbocycles. The predicted octanol–water partition coefficient (Wildman–Crippen LogP) is 3.58. The van der Waals surface area contributed by atoms with Crippen molar-refractivity contribution in [2.45, 2.75) is 45.3 Å². The Kier molecular flexibility index (Phi) is 6.39. The molecule has 72 valence electrons. The van der Waals surface area contributed by atoms with Crippen LogP contribution in [-0.4, -0.2) is 15.4 Å². The molecule has 0 aromatic heterocycles. The van der Waals surface area contributed by atoms with Crippen molar-refractivity contribution in [1.82, 2.24) is 0 Å². The zero-order valence-electron chi connectivity index (χ0n) is 8.89. The third-order valence-electron chi connectivity index (χ3n) is 2.10. The Labute approximate surface area is 78.0 Å². The van der Waals surface area contributed by atoms with Crippen molar-refractivity contribution in [2.75, 3.05) is 7.11 Å². The van der Waals surface area contributed by atoms with Gasteiger partial charge in [0, 0.05) is 7.11 Å². The van der Waals surface area contributed by atoms with Crippen molar-refractivity contribution in [3.63, 3.8) is 0 Å². The van der Waals surface area contributed by atoms with E-state index in [-0.39, 0.29) is 0 Å². The molecule has 12 heavy (non-hydrogen) atoms. The van der Waals surface area contributed by atoms with Crippen molar-refractivity contribution >= 4 is 8.32 Å². The first kappa shape index (κ1) is 11.9. The summed E-state index contributed by atoms with van der Waals surface area (Å²) in [4.78, 5) is 0. The molecule has 0 heterocycles. The van der Waals surface area contributed by atoms with Crippen molar-refractivity contribution in [1.29, 1.82) is 0 Å². The molecule has 0 fully saturated rings. The van der Waals surface area contributed by atoms with E-state index in [4.69, 9.17) is 4.43 Å². The molecule has 0 saturated heterocycles. The Hall–Kier alpha value is -0.0831. The molecule has 0 radical (unpaired) electrons. The fourth-order valence-corrected chi connectivity index (χ4v) is 2.29. The average Bonchev–Trinajstić information content (AvgIpc) is 2.04. The van der Waals surface area contributed by atoms with E-state index in [0.717, 1.165) is 6.42 Å². The largest absolute Gasteiger partial charge is 0.420 e. The van der Waals surface area contributed by atoms with Gasteiger partial charge in [0.25, 0.3) is 0 Å². The van der Waals surface area contributed by atoms with Gasteiger partial charge in [-0.05, 0) is 32.0 Å². The van der Waals surface area contributed by atoms with Crippen LogP contribution in [0.2, 0.25) is 19.1 Å². The first-order chi connectivity index (χ1) is 5.62. The van der Waals surface area contributed by atoms with Gasteiger partial charge in [0.15, 0.2) is 8.32 Å². The molecule has 0 spiro atoms. The van der Waals surface area contributed by atoms with E-state index >= 15 is 0 Å². The molecule has 0 amide bonds. The highest BCUT2D eigenvalue weighted by atomic mass is 28.4. The van der Waals surface area contributed by atoms with Crippen LogP contribution < -0.4 is 0 Å². The maximum atomic E-state index is 5.46. The van der Waals surface area contributed by atoms with Crippen molar-refractivity contribution < 1.29 is 4.43 Å². The molecule has 0 bridgehead atoms. The molecule has 2 heteroatoms. The third kappa shape index (κ3) is 6.62. The zero-order chi connectivity index (χ0) is 9.45. The summed E-state index contributed by atoms with van der Waals surface area (Å²) in [5, 5.41) is 0. The highest BCUT2D eigenvalue weighted by Crippen LogP contribution is 2.13. The van der Waals surface area contributed by atoms with Crippen LogP contribution in [0.25, 0.3) is 0 Å². The van der Waals surface area contributed by atoms with E-state index in [1.807, 2.05) is 7.11 Å². The van der Waals surface area contributed by atoms with Gasteiger partial charge in [0.2, 0.25) is 0 Å². The summed E-state index contributed by atoms with van der Waals surface area (Å²) in [6.45, 7) is 6.72. The summed E-state index contributed by atoms with van der Waals surface area (Å²) >= 11 is 0. The second kappa shape index (κ2) is 6.43. The lowest BCUT2D eigenvalue weighted by Crippen LogP contribution is -2.27. The number of hydrogen-bond acceptors (Lipinski definition) is 1. The third-order valence-corrected chi connectivity index (χ3v) is 4.77. The van der Waals surface area contributed by atoms with E-state index < -0.39 is 8.32 Å². The average molecular weight is 186 g/mol. The molecule has 0 aromatic rings. The number of rotatable bonds is 6. The van der Waals surface area contributed by atoms with Crippen LogP contribution in [0, 0.1) is 0 Å². The monoisotopic (exact) mass is 186 g/mol. The number of hydrogen-bond donors (Lipinski definition) is 0. The molecular weight excluding hydrogens is 164 g/mol. The lowest BCUT2D eigenvalue weighted by molar-refractivity contribution is 0.402. The fraction of sp³-hybridized carbons (Fsp3) is 0.800. The molecule has 0 unspecified atom stereocenters. The number of allylic oxidation sites excluding steroid dienone is 2. The van der Waals surface area contributed by atoms with E-state index in [2.05, 4.69) is 32.2 Å². The predicted molar refractivity (Wildman–Crippen MR) is 58.0 cm³/mol. The number of unbranched alkanes of at least 4 members (excludes halogenated alkanes) is 1. The Morgan fingerprint density at radius 1 is 1.25 bits per heavy atom. The summed E-state index contributed by atoms with van der Waals surface area (Å²) in [5.41, 5.74) is 0. The van der Waals surface area contributed by atoms with Gasteiger partial charge >= 0.3 is 0 Å². The molecule has 0 atom stereocenters. The lowest BCUT2D eigenvalue weighted by atomic mass is 10.3. The van der Waals surface area contributed by atoms with Crippen molar-refractivity contribution in [3.8, 4) is 0 Å². The highest BCUT2D eigenvalue weighted by molar-refractivity contribution is 6.71. The lowest BCUT2D eigenvalue weighted by Gasteiger charge is -2.18. The molecular formula is C10H22OSi. The normalized spacial score (nSPS) is 12.7. The molecule has 1 nitrogen and oxygen atoms in total. The maximum absolute atomic E-state index is 5.46. The van der Waals surface area contributed by atoms with Crippen molar-refractivity contribution in [3.05, 3.63) is 12.2 Å². The fourth-order valence-electron chi connectivity index (χ4n) is 1.03. The second-order valence-electron chi connectivity index (χ2n) is 3.74. The SMILES string of the molecule is CCC=CCCC[Si](C)(C)OC. The highest BCUT2D eigenvalue weighted by Gasteiger charge is 2.18. The van der Waals surface area contributed by atoms with Crippen LogP contribution in [-0.2, 0) is 4.43 Å². The van der Waals surface area contributed by atoms with Gasteiger partial charge in [-0.1, -0.05) is 25.5 Å². The minimum absolute atomic E-state index is 1.16. The van der Waals surface area contributed by atoms with Gasteiger partial charge in [-0.15, -0.1) is 0 Å². The minimum atomic E-state index is -1.27. The topological polar surface area (TPSA) is 9.23 Å². The van der Waals surface area contributed by atoms with Crippen LogP contribution in [0.15, 0.2) is 12.2 Å². The van der Waals surface area contributed by atoms with Crippen LogP contribution >= 0.6 is 0 Å². The van der Waals surface area contributed by atoms with Crippen LogP contribution in [0.4, 0.5) is 0 Å². The molecule has 0 aliphatic carbocycles. The van der Waals surface area contributed by atoms with Gasteiger partial charge in [-0.25, -0.2) is 0 Å². The van der Waals surface area contributed by atoms with Gasteiger partial charge < -0.3 is 4.43 Å². The maximum Gasteiger partial charge on any atom is 0.186 e. The Morgan fingerprint density at radius 2 is 1.92 bits per heavy atom. The van der Waals surface area contributed by atoms with Gasteiger partial charge in [0.05, 0.1) is 0 Å². The van der Waals surface area contributed by atoms with Gasteiger partial charge in [0.1, 0.15) is 0 Å².